The van der Waals surface area contributed by atoms with Crippen LogP contribution in [0.5, 0.6) is 0 Å². The van der Waals surface area contributed by atoms with Crippen molar-refractivity contribution in [2.45, 2.75) is 26.4 Å². The van der Waals surface area contributed by atoms with Crippen LogP contribution in [0, 0.1) is 11.7 Å². The van der Waals surface area contributed by atoms with Gasteiger partial charge in [-0.05, 0) is 36.8 Å². The number of aromatic nitrogens is 6. The molecule has 152 valence electrons. The Bertz CT molecular complexity index is 1210. The summed E-state index contributed by atoms with van der Waals surface area (Å²) in [6, 6.07) is 13.6. The highest BCUT2D eigenvalue weighted by molar-refractivity contribution is 7.71. The molecule has 3 heterocycles. The smallest absolute Gasteiger partial charge is 0.227 e. The molecule has 8 nitrogen and oxygen atoms in total. The van der Waals surface area contributed by atoms with Crippen LogP contribution in [0.25, 0.3) is 11.4 Å². The van der Waals surface area contributed by atoms with E-state index in [1.54, 1.807) is 23.1 Å². The number of aryl methyl sites for hydroxylation is 1. The van der Waals surface area contributed by atoms with Gasteiger partial charge in [-0.3, -0.25) is 24.1 Å². The van der Waals surface area contributed by atoms with Crippen molar-refractivity contribution in [3.8, 4) is 11.4 Å². The lowest BCUT2D eigenvalue weighted by Crippen LogP contribution is -2.15. The fourth-order valence-electron chi connectivity index (χ4n) is 3.14. The van der Waals surface area contributed by atoms with Gasteiger partial charge in [0.1, 0.15) is 0 Å². The second-order valence-corrected chi connectivity index (χ2v) is 7.32. The number of H-pyrrole nitrogens is 1. The highest BCUT2D eigenvalue weighted by Crippen LogP contribution is 2.19. The van der Waals surface area contributed by atoms with E-state index >= 15 is 0 Å². The number of nitrogens with one attached hydrogen (secondary N) is 2. The van der Waals surface area contributed by atoms with E-state index in [0.717, 1.165) is 22.5 Å². The van der Waals surface area contributed by atoms with Gasteiger partial charge in [-0.2, -0.15) is 10.2 Å². The zero-order valence-corrected chi connectivity index (χ0v) is 17.3. The van der Waals surface area contributed by atoms with Gasteiger partial charge in [-0.1, -0.05) is 29.8 Å². The predicted octanol–water partition coefficient (Wildman–Crippen LogP) is 3.58. The Hall–Kier alpha value is -3.59. The Morgan fingerprint density at radius 2 is 2.13 bits per heavy atom. The molecule has 9 heteroatoms. The molecule has 0 fully saturated rings. The third-order valence-corrected chi connectivity index (χ3v) is 4.88. The van der Waals surface area contributed by atoms with Crippen LogP contribution in [0.15, 0.2) is 61.1 Å². The SMILES string of the molecule is Cc1cccc(-c2n[nH]c(=S)n2CCC(=O)Nc2ccn(Cc3cccnc3)n2)c1. The first kappa shape index (κ1) is 19.7. The minimum absolute atomic E-state index is 0.139. The maximum absolute atomic E-state index is 12.4. The Kier molecular flexibility index (Phi) is 5.80. The molecule has 2 N–H and O–H groups in total. The summed E-state index contributed by atoms with van der Waals surface area (Å²) < 4.78 is 4.08. The molecule has 1 aromatic carbocycles. The van der Waals surface area contributed by atoms with Crippen LogP contribution in [0.1, 0.15) is 17.5 Å². The molecule has 0 saturated carbocycles. The van der Waals surface area contributed by atoms with Crippen LogP contribution in [0.2, 0.25) is 0 Å². The molecule has 30 heavy (non-hydrogen) atoms. The van der Waals surface area contributed by atoms with Crippen molar-refractivity contribution >= 4 is 23.9 Å². The number of hydrogen-bond acceptors (Lipinski definition) is 5. The lowest BCUT2D eigenvalue weighted by Gasteiger charge is -2.07. The second kappa shape index (κ2) is 8.83. The Labute approximate surface area is 178 Å². The highest BCUT2D eigenvalue weighted by Gasteiger charge is 2.12. The second-order valence-electron chi connectivity index (χ2n) is 6.93. The van der Waals surface area contributed by atoms with Crippen molar-refractivity contribution in [3.63, 3.8) is 0 Å². The summed E-state index contributed by atoms with van der Waals surface area (Å²) in [4.78, 5) is 16.5. The molecule has 0 atom stereocenters. The first-order valence-corrected chi connectivity index (χ1v) is 9.94. The molecule has 0 aliphatic heterocycles. The number of benzene rings is 1. The van der Waals surface area contributed by atoms with Gasteiger partial charge in [-0.25, -0.2) is 0 Å². The van der Waals surface area contributed by atoms with Crippen molar-refractivity contribution in [3.05, 3.63) is 77.0 Å². The summed E-state index contributed by atoms with van der Waals surface area (Å²) in [5.41, 5.74) is 3.13. The Balaban J connectivity index is 1.38. The summed E-state index contributed by atoms with van der Waals surface area (Å²) >= 11 is 5.35. The largest absolute Gasteiger partial charge is 0.309 e. The minimum atomic E-state index is -0.139. The molecular weight excluding hydrogens is 398 g/mol. The van der Waals surface area contributed by atoms with Crippen molar-refractivity contribution < 1.29 is 4.79 Å². The third kappa shape index (κ3) is 4.69. The topological polar surface area (TPSA) is 93.4 Å². The third-order valence-electron chi connectivity index (χ3n) is 4.57. The van der Waals surface area contributed by atoms with Crippen LogP contribution in [-0.2, 0) is 17.9 Å². The van der Waals surface area contributed by atoms with Gasteiger partial charge in [0.2, 0.25) is 5.91 Å². The van der Waals surface area contributed by atoms with Crippen molar-refractivity contribution in [2.24, 2.45) is 0 Å². The molecule has 0 aliphatic carbocycles. The summed E-state index contributed by atoms with van der Waals surface area (Å²) in [5.74, 6) is 1.09. The van der Waals surface area contributed by atoms with Gasteiger partial charge in [-0.15, -0.1) is 0 Å². The standard InChI is InChI=1S/C21H21N7OS/c1-15-4-2-6-17(12-15)20-24-25-21(30)28(20)11-8-19(29)23-18-7-10-27(26-18)14-16-5-3-9-22-13-16/h2-7,9-10,12-13H,8,11,14H2,1H3,(H,25,30)(H,23,26,29). The van der Waals surface area contributed by atoms with E-state index in [4.69, 9.17) is 12.2 Å². The van der Waals surface area contributed by atoms with E-state index in [-0.39, 0.29) is 12.3 Å². The highest BCUT2D eigenvalue weighted by atomic mass is 32.1. The van der Waals surface area contributed by atoms with Crippen LogP contribution in [-0.4, -0.2) is 35.4 Å². The molecular formula is C21H21N7OS. The van der Waals surface area contributed by atoms with Gasteiger partial charge < -0.3 is 5.32 Å². The number of hydrogen-bond donors (Lipinski definition) is 2. The number of anilines is 1. The summed E-state index contributed by atoms with van der Waals surface area (Å²) in [5, 5.41) is 14.4. The fraction of sp³-hybridized carbons (Fsp3) is 0.190. The molecule has 4 rings (SSSR count). The van der Waals surface area contributed by atoms with Crippen LogP contribution < -0.4 is 5.32 Å². The first-order valence-electron chi connectivity index (χ1n) is 9.53. The van der Waals surface area contributed by atoms with Gasteiger partial charge in [0, 0.05) is 43.2 Å². The Morgan fingerprint density at radius 3 is 2.93 bits per heavy atom. The number of aromatic amines is 1. The van der Waals surface area contributed by atoms with E-state index in [9.17, 15) is 4.79 Å². The monoisotopic (exact) mass is 419 g/mol. The number of pyridine rings is 1. The van der Waals surface area contributed by atoms with E-state index in [0.29, 0.717) is 23.7 Å². The zero-order chi connectivity index (χ0) is 20.9. The van der Waals surface area contributed by atoms with Crippen LogP contribution in [0.3, 0.4) is 0 Å². The van der Waals surface area contributed by atoms with E-state index in [1.165, 1.54) is 0 Å². The number of rotatable bonds is 7. The lowest BCUT2D eigenvalue weighted by molar-refractivity contribution is -0.116. The average molecular weight is 420 g/mol. The Morgan fingerprint density at radius 1 is 1.23 bits per heavy atom. The molecule has 0 spiro atoms. The van der Waals surface area contributed by atoms with Crippen molar-refractivity contribution in [1.82, 2.24) is 29.5 Å². The molecule has 0 radical (unpaired) electrons. The maximum Gasteiger partial charge on any atom is 0.227 e. The molecule has 0 unspecified atom stereocenters. The normalized spacial score (nSPS) is 10.8. The van der Waals surface area contributed by atoms with E-state index < -0.39 is 0 Å². The molecule has 1 amide bonds. The first-order chi connectivity index (χ1) is 14.6. The number of carbonyl (C=O) groups excluding carboxylic acids is 1. The minimum Gasteiger partial charge on any atom is -0.309 e. The van der Waals surface area contributed by atoms with Gasteiger partial charge in [0.05, 0.1) is 6.54 Å². The van der Waals surface area contributed by atoms with Gasteiger partial charge >= 0.3 is 0 Å². The molecule has 0 saturated heterocycles. The summed E-state index contributed by atoms with van der Waals surface area (Å²) in [7, 11) is 0. The summed E-state index contributed by atoms with van der Waals surface area (Å²) in [6.45, 7) is 3.03. The van der Waals surface area contributed by atoms with E-state index in [1.807, 2.05) is 54.1 Å². The molecule has 0 aliphatic rings. The number of carbonyl (C=O) groups is 1. The maximum atomic E-state index is 12.4. The molecule has 0 bridgehead atoms. The molecule has 3 aromatic heterocycles. The van der Waals surface area contributed by atoms with Crippen LogP contribution in [0.4, 0.5) is 5.82 Å². The van der Waals surface area contributed by atoms with Gasteiger partial charge in [0.25, 0.3) is 0 Å². The van der Waals surface area contributed by atoms with Crippen LogP contribution >= 0.6 is 12.2 Å². The number of amides is 1. The fourth-order valence-corrected chi connectivity index (χ4v) is 3.37. The summed E-state index contributed by atoms with van der Waals surface area (Å²) in [6.07, 6.45) is 5.60. The lowest BCUT2D eigenvalue weighted by atomic mass is 10.1. The molecule has 4 aromatic rings. The van der Waals surface area contributed by atoms with Gasteiger partial charge in [0.15, 0.2) is 16.4 Å². The van der Waals surface area contributed by atoms with Crippen molar-refractivity contribution in [2.75, 3.05) is 5.32 Å². The predicted molar refractivity (Wildman–Crippen MR) is 116 cm³/mol. The zero-order valence-electron chi connectivity index (χ0n) is 16.4. The quantitative estimate of drug-likeness (QED) is 0.447. The van der Waals surface area contributed by atoms with E-state index in [2.05, 4.69) is 25.6 Å². The average Bonchev–Trinajstić information content (AvgIpc) is 3.33. The number of nitrogens with zero attached hydrogens (tertiary/aromatic N) is 5. The van der Waals surface area contributed by atoms with Crippen molar-refractivity contribution in [1.29, 1.82) is 0 Å².